The van der Waals surface area contributed by atoms with Crippen LogP contribution in [0.4, 0.5) is 5.82 Å². The number of hydrogen-bond donors (Lipinski definition) is 1. The van der Waals surface area contributed by atoms with E-state index in [2.05, 4.69) is 16.2 Å². The summed E-state index contributed by atoms with van der Waals surface area (Å²) < 4.78 is 5.03. The van der Waals surface area contributed by atoms with Crippen LogP contribution in [0.15, 0.2) is 10.6 Å². The molecule has 0 unspecified atom stereocenters. The number of anilines is 1. The summed E-state index contributed by atoms with van der Waals surface area (Å²) in [4.78, 5) is 4.43. The highest BCUT2D eigenvalue weighted by atomic mass is 16.5. The maximum Gasteiger partial charge on any atom is 0.260 e. The first kappa shape index (κ1) is 7.79. The van der Waals surface area contributed by atoms with Gasteiger partial charge in [0.2, 0.25) is 0 Å². The molecule has 0 bridgehead atoms. The number of hydrogen-bond acceptors (Lipinski definition) is 4. The highest BCUT2D eigenvalue weighted by molar-refractivity contribution is 5.84. The highest BCUT2D eigenvalue weighted by Crippen LogP contribution is 2.26. The molecule has 3 rings (SSSR count). The van der Waals surface area contributed by atoms with Crippen molar-refractivity contribution in [2.45, 2.75) is 25.7 Å². The molecule has 4 nitrogen and oxygen atoms in total. The standard InChI is InChI=1S/C10H11N3O/c11-9-7-5-6-3-1-2-4-8(6)12-10(7)14-13-9/h5H,1-4H2,(H2,11,13). The van der Waals surface area contributed by atoms with Gasteiger partial charge in [-0.1, -0.05) is 5.16 Å². The van der Waals surface area contributed by atoms with Crippen molar-refractivity contribution in [3.05, 3.63) is 17.3 Å². The van der Waals surface area contributed by atoms with Crippen LogP contribution in [0.1, 0.15) is 24.1 Å². The Kier molecular flexibility index (Phi) is 1.50. The van der Waals surface area contributed by atoms with Gasteiger partial charge >= 0.3 is 0 Å². The number of nitrogens with zero attached hydrogens (tertiary/aromatic N) is 2. The molecule has 4 heteroatoms. The largest absolute Gasteiger partial charge is 0.380 e. The van der Waals surface area contributed by atoms with Crippen LogP contribution in [0, 0.1) is 0 Å². The molecule has 2 aromatic rings. The molecular weight excluding hydrogens is 178 g/mol. The van der Waals surface area contributed by atoms with E-state index in [0.29, 0.717) is 11.5 Å². The fraction of sp³-hybridized carbons (Fsp3) is 0.400. The second kappa shape index (κ2) is 2.70. The molecule has 72 valence electrons. The van der Waals surface area contributed by atoms with Gasteiger partial charge in [0.1, 0.15) is 0 Å². The van der Waals surface area contributed by atoms with E-state index < -0.39 is 0 Å². The summed E-state index contributed by atoms with van der Waals surface area (Å²) in [5.41, 5.74) is 8.69. The van der Waals surface area contributed by atoms with Crippen molar-refractivity contribution in [3.8, 4) is 0 Å². The van der Waals surface area contributed by atoms with Crippen LogP contribution in [0.3, 0.4) is 0 Å². The van der Waals surface area contributed by atoms with Gasteiger partial charge in [-0.15, -0.1) is 0 Å². The molecule has 2 aromatic heterocycles. The van der Waals surface area contributed by atoms with Crippen LogP contribution in [-0.2, 0) is 12.8 Å². The van der Waals surface area contributed by atoms with E-state index in [1.165, 1.54) is 18.4 Å². The van der Waals surface area contributed by atoms with Crippen molar-refractivity contribution >= 4 is 16.9 Å². The van der Waals surface area contributed by atoms with Crippen molar-refractivity contribution < 1.29 is 4.52 Å². The minimum absolute atomic E-state index is 0.445. The van der Waals surface area contributed by atoms with Gasteiger partial charge in [0.15, 0.2) is 5.82 Å². The fourth-order valence-electron chi connectivity index (χ4n) is 2.01. The van der Waals surface area contributed by atoms with Gasteiger partial charge in [0.05, 0.1) is 5.39 Å². The summed E-state index contributed by atoms with van der Waals surface area (Å²) in [7, 11) is 0. The Morgan fingerprint density at radius 2 is 2.14 bits per heavy atom. The van der Waals surface area contributed by atoms with Crippen LogP contribution in [-0.4, -0.2) is 10.1 Å². The summed E-state index contributed by atoms with van der Waals surface area (Å²) >= 11 is 0. The van der Waals surface area contributed by atoms with E-state index in [0.717, 1.165) is 23.9 Å². The van der Waals surface area contributed by atoms with Gasteiger partial charge in [-0.25, -0.2) is 4.98 Å². The Morgan fingerprint density at radius 1 is 1.29 bits per heavy atom. The Labute approximate surface area is 81.1 Å². The third-order valence-corrected chi connectivity index (χ3v) is 2.77. The van der Waals surface area contributed by atoms with Gasteiger partial charge in [0.25, 0.3) is 5.71 Å². The van der Waals surface area contributed by atoms with E-state index in [1.54, 1.807) is 0 Å². The second-order valence-corrected chi connectivity index (χ2v) is 3.72. The van der Waals surface area contributed by atoms with Gasteiger partial charge < -0.3 is 10.3 Å². The van der Waals surface area contributed by atoms with Crippen molar-refractivity contribution in [2.24, 2.45) is 0 Å². The van der Waals surface area contributed by atoms with Crippen molar-refractivity contribution in [2.75, 3.05) is 5.73 Å². The van der Waals surface area contributed by atoms with E-state index in [4.69, 9.17) is 10.3 Å². The number of nitrogen functional groups attached to an aromatic ring is 1. The lowest BCUT2D eigenvalue weighted by Gasteiger charge is -2.13. The lowest BCUT2D eigenvalue weighted by molar-refractivity contribution is 0.451. The van der Waals surface area contributed by atoms with Crippen molar-refractivity contribution in [3.63, 3.8) is 0 Å². The summed E-state index contributed by atoms with van der Waals surface area (Å²) in [6.07, 6.45) is 4.61. The summed E-state index contributed by atoms with van der Waals surface area (Å²) in [6.45, 7) is 0. The third kappa shape index (κ3) is 0.999. The molecule has 2 N–H and O–H groups in total. The van der Waals surface area contributed by atoms with Gasteiger partial charge in [-0.3, -0.25) is 0 Å². The number of aryl methyl sites for hydroxylation is 2. The van der Waals surface area contributed by atoms with Crippen LogP contribution in [0.25, 0.3) is 11.1 Å². The minimum atomic E-state index is 0.445. The third-order valence-electron chi connectivity index (χ3n) is 2.77. The molecule has 14 heavy (non-hydrogen) atoms. The normalized spacial score (nSPS) is 15.7. The van der Waals surface area contributed by atoms with E-state index in [9.17, 15) is 0 Å². The summed E-state index contributed by atoms with van der Waals surface area (Å²) in [5.74, 6) is 0.445. The molecule has 0 aromatic carbocycles. The summed E-state index contributed by atoms with van der Waals surface area (Å²) in [6, 6.07) is 2.07. The molecule has 0 atom stereocenters. The molecule has 1 aliphatic rings. The molecule has 0 spiro atoms. The predicted molar refractivity (Wildman–Crippen MR) is 52.9 cm³/mol. The molecular formula is C10H11N3O. The predicted octanol–water partition coefficient (Wildman–Crippen LogP) is 1.68. The average molecular weight is 189 g/mol. The quantitative estimate of drug-likeness (QED) is 0.684. The van der Waals surface area contributed by atoms with Crippen LogP contribution in [0.2, 0.25) is 0 Å². The first-order valence-electron chi connectivity index (χ1n) is 4.88. The number of fused-ring (bicyclic) bond motifs is 2. The molecule has 0 aliphatic heterocycles. The number of pyridine rings is 1. The second-order valence-electron chi connectivity index (χ2n) is 3.72. The van der Waals surface area contributed by atoms with Gasteiger partial charge in [0, 0.05) is 5.69 Å². The van der Waals surface area contributed by atoms with Crippen LogP contribution in [0.5, 0.6) is 0 Å². The number of nitrogens with two attached hydrogens (primary N) is 1. The first-order valence-corrected chi connectivity index (χ1v) is 4.88. The van der Waals surface area contributed by atoms with E-state index in [-0.39, 0.29) is 0 Å². The molecule has 0 fully saturated rings. The van der Waals surface area contributed by atoms with Crippen molar-refractivity contribution in [1.82, 2.24) is 10.1 Å². The Bertz CT molecular complexity index is 489. The number of aromatic nitrogens is 2. The number of rotatable bonds is 0. The lowest BCUT2D eigenvalue weighted by Crippen LogP contribution is -2.04. The molecule has 0 radical (unpaired) electrons. The van der Waals surface area contributed by atoms with Crippen molar-refractivity contribution in [1.29, 1.82) is 0 Å². The smallest absolute Gasteiger partial charge is 0.260 e. The van der Waals surface area contributed by atoms with Crippen LogP contribution < -0.4 is 5.73 Å². The highest BCUT2D eigenvalue weighted by Gasteiger charge is 2.15. The molecule has 0 saturated carbocycles. The van der Waals surface area contributed by atoms with Gasteiger partial charge in [-0.2, -0.15) is 0 Å². The molecule has 1 aliphatic carbocycles. The first-order chi connectivity index (χ1) is 6.84. The fourth-order valence-corrected chi connectivity index (χ4v) is 2.01. The van der Waals surface area contributed by atoms with E-state index in [1.807, 2.05) is 0 Å². The maximum atomic E-state index is 5.66. The zero-order valence-corrected chi connectivity index (χ0v) is 7.79. The Hall–Kier alpha value is -1.58. The average Bonchev–Trinajstić information content (AvgIpc) is 2.57. The molecule has 0 saturated heterocycles. The zero-order chi connectivity index (χ0) is 9.54. The monoisotopic (exact) mass is 189 g/mol. The maximum absolute atomic E-state index is 5.66. The summed E-state index contributed by atoms with van der Waals surface area (Å²) in [5, 5.41) is 4.56. The molecule has 2 heterocycles. The zero-order valence-electron chi connectivity index (χ0n) is 7.79. The Balaban J connectivity index is 2.29. The van der Waals surface area contributed by atoms with E-state index >= 15 is 0 Å². The topological polar surface area (TPSA) is 64.9 Å². The lowest BCUT2D eigenvalue weighted by atomic mass is 9.95. The van der Waals surface area contributed by atoms with Crippen LogP contribution >= 0.6 is 0 Å². The molecule has 0 amide bonds. The Morgan fingerprint density at radius 3 is 3.07 bits per heavy atom. The van der Waals surface area contributed by atoms with Gasteiger partial charge in [-0.05, 0) is 37.3 Å². The minimum Gasteiger partial charge on any atom is -0.380 e. The SMILES string of the molecule is Nc1noc2nc3c(cc12)CCCC3.